The lowest BCUT2D eigenvalue weighted by atomic mass is 10.2. The minimum atomic E-state index is -3.61. The smallest absolute Gasteiger partial charge is 0.262 e. The molecule has 0 radical (unpaired) electrons. The summed E-state index contributed by atoms with van der Waals surface area (Å²) in [4.78, 5) is 4.19. The van der Waals surface area contributed by atoms with Gasteiger partial charge in [-0.1, -0.05) is 37.3 Å². The highest BCUT2D eigenvalue weighted by molar-refractivity contribution is 7.89. The molecule has 2 rings (SSSR count). The molecule has 0 aliphatic rings. The van der Waals surface area contributed by atoms with Crippen LogP contribution >= 0.6 is 0 Å². The molecular formula is C16H23N3O2S. The van der Waals surface area contributed by atoms with Gasteiger partial charge in [-0.05, 0) is 25.8 Å². The molecule has 2 aromatic rings. The van der Waals surface area contributed by atoms with E-state index in [9.17, 15) is 8.42 Å². The van der Waals surface area contributed by atoms with Crippen LogP contribution < -0.4 is 0 Å². The van der Waals surface area contributed by atoms with Crippen LogP contribution in [-0.4, -0.2) is 28.3 Å². The number of sulfonamides is 1. The number of hydrogen-bond donors (Lipinski definition) is 0. The summed E-state index contributed by atoms with van der Waals surface area (Å²) in [6, 6.07) is 9.55. The van der Waals surface area contributed by atoms with Gasteiger partial charge in [0, 0.05) is 25.8 Å². The Labute approximate surface area is 132 Å². The summed E-state index contributed by atoms with van der Waals surface area (Å²) in [5.41, 5.74) is 0.971. The molecular weight excluding hydrogens is 298 g/mol. The van der Waals surface area contributed by atoms with E-state index in [2.05, 4.69) is 4.98 Å². The lowest BCUT2D eigenvalue weighted by Gasteiger charge is -2.26. The van der Waals surface area contributed by atoms with Crippen molar-refractivity contribution in [2.45, 2.75) is 44.8 Å². The van der Waals surface area contributed by atoms with Gasteiger partial charge in [-0.25, -0.2) is 13.4 Å². The topological polar surface area (TPSA) is 55.2 Å². The van der Waals surface area contributed by atoms with Crippen LogP contribution in [0, 0.1) is 6.92 Å². The van der Waals surface area contributed by atoms with Gasteiger partial charge in [-0.15, -0.1) is 0 Å². The second kappa shape index (κ2) is 6.62. The van der Waals surface area contributed by atoms with E-state index in [4.69, 9.17) is 0 Å². The van der Waals surface area contributed by atoms with Crippen LogP contribution in [0.5, 0.6) is 0 Å². The molecule has 1 atom stereocenters. The number of nitrogens with zero attached hydrogens (tertiary/aromatic N) is 3. The Morgan fingerprint density at radius 3 is 2.41 bits per heavy atom. The van der Waals surface area contributed by atoms with Gasteiger partial charge in [-0.2, -0.15) is 4.31 Å². The first-order chi connectivity index (χ1) is 10.4. The van der Waals surface area contributed by atoms with Crippen LogP contribution in [0.25, 0.3) is 0 Å². The number of hydrogen-bond acceptors (Lipinski definition) is 3. The second-order valence-electron chi connectivity index (χ2n) is 5.53. The molecule has 1 aromatic heterocycles. The Morgan fingerprint density at radius 2 is 1.91 bits per heavy atom. The molecule has 1 heterocycles. The van der Waals surface area contributed by atoms with Gasteiger partial charge < -0.3 is 4.57 Å². The van der Waals surface area contributed by atoms with Crippen molar-refractivity contribution in [3.05, 3.63) is 47.9 Å². The highest BCUT2D eigenvalue weighted by atomic mass is 32.2. The number of imidazole rings is 1. The van der Waals surface area contributed by atoms with Gasteiger partial charge in [0.1, 0.15) is 5.82 Å². The van der Waals surface area contributed by atoms with Crippen molar-refractivity contribution in [1.82, 2.24) is 13.9 Å². The lowest BCUT2D eigenvalue weighted by molar-refractivity contribution is 0.322. The standard InChI is InChI=1S/C16H23N3O2S/c1-5-13(2)19(11-15-9-7-6-8-10-15)22(20,21)16-12-18(4)14(3)17-16/h6-10,12-13H,5,11H2,1-4H3/t13-/m0/s1. The van der Waals surface area contributed by atoms with Gasteiger partial charge in [0.2, 0.25) is 0 Å². The van der Waals surface area contributed by atoms with Gasteiger partial charge in [-0.3, -0.25) is 0 Å². The predicted molar refractivity (Wildman–Crippen MR) is 86.9 cm³/mol. The Kier molecular flexibility index (Phi) is 5.03. The first-order valence-corrected chi connectivity index (χ1v) is 8.86. The molecule has 0 bridgehead atoms. The fourth-order valence-corrected chi connectivity index (χ4v) is 3.94. The molecule has 120 valence electrons. The molecule has 0 aliphatic carbocycles. The maximum absolute atomic E-state index is 13.0. The van der Waals surface area contributed by atoms with Crippen molar-refractivity contribution < 1.29 is 8.42 Å². The zero-order valence-corrected chi connectivity index (χ0v) is 14.3. The van der Waals surface area contributed by atoms with E-state index in [1.54, 1.807) is 24.7 Å². The number of aryl methyl sites for hydroxylation is 2. The van der Waals surface area contributed by atoms with Crippen LogP contribution in [0.1, 0.15) is 31.7 Å². The van der Waals surface area contributed by atoms with E-state index in [0.29, 0.717) is 12.4 Å². The largest absolute Gasteiger partial charge is 0.337 e. The van der Waals surface area contributed by atoms with Crippen LogP contribution in [0.15, 0.2) is 41.6 Å². The fourth-order valence-electron chi connectivity index (χ4n) is 2.22. The Morgan fingerprint density at radius 1 is 1.27 bits per heavy atom. The molecule has 6 heteroatoms. The van der Waals surface area contributed by atoms with Gasteiger partial charge in [0.05, 0.1) is 0 Å². The van der Waals surface area contributed by atoms with Crippen molar-refractivity contribution in [3.8, 4) is 0 Å². The number of rotatable bonds is 6. The third-order valence-corrected chi connectivity index (χ3v) is 5.75. The van der Waals surface area contributed by atoms with Crippen LogP contribution in [-0.2, 0) is 23.6 Å². The average Bonchev–Trinajstić information content (AvgIpc) is 2.85. The first kappa shape index (κ1) is 16.7. The highest BCUT2D eigenvalue weighted by Crippen LogP contribution is 2.21. The molecule has 0 unspecified atom stereocenters. The van der Waals surface area contributed by atoms with Gasteiger partial charge in [0.25, 0.3) is 10.0 Å². The summed E-state index contributed by atoms with van der Waals surface area (Å²) in [6.45, 7) is 6.07. The summed E-state index contributed by atoms with van der Waals surface area (Å²) in [5.74, 6) is 0.683. The van der Waals surface area contributed by atoms with E-state index < -0.39 is 10.0 Å². The summed E-state index contributed by atoms with van der Waals surface area (Å²) in [5, 5.41) is 0.115. The molecule has 0 aliphatic heterocycles. The maximum atomic E-state index is 13.0. The van der Waals surface area contributed by atoms with E-state index in [1.165, 1.54) is 4.31 Å². The van der Waals surface area contributed by atoms with E-state index in [-0.39, 0.29) is 11.1 Å². The molecule has 0 N–H and O–H groups in total. The molecule has 0 amide bonds. The average molecular weight is 321 g/mol. The molecule has 1 aromatic carbocycles. The summed E-state index contributed by atoms with van der Waals surface area (Å²) in [6.07, 6.45) is 2.32. The van der Waals surface area contributed by atoms with Crippen molar-refractivity contribution in [2.75, 3.05) is 0 Å². The monoisotopic (exact) mass is 321 g/mol. The summed E-state index contributed by atoms with van der Waals surface area (Å²) >= 11 is 0. The van der Waals surface area contributed by atoms with Crippen molar-refractivity contribution in [3.63, 3.8) is 0 Å². The Hall–Kier alpha value is -1.66. The van der Waals surface area contributed by atoms with Crippen LogP contribution in [0.4, 0.5) is 0 Å². The minimum Gasteiger partial charge on any atom is -0.337 e. The second-order valence-corrected chi connectivity index (χ2v) is 7.37. The molecule has 22 heavy (non-hydrogen) atoms. The van der Waals surface area contributed by atoms with Crippen LogP contribution in [0.2, 0.25) is 0 Å². The van der Waals surface area contributed by atoms with Gasteiger partial charge >= 0.3 is 0 Å². The van der Waals surface area contributed by atoms with Crippen molar-refractivity contribution in [1.29, 1.82) is 0 Å². The minimum absolute atomic E-state index is 0.0903. The Bertz CT molecular complexity index is 704. The van der Waals surface area contributed by atoms with Crippen LogP contribution in [0.3, 0.4) is 0 Å². The molecule has 0 spiro atoms. The lowest BCUT2D eigenvalue weighted by Crippen LogP contribution is -2.38. The van der Waals surface area contributed by atoms with E-state index >= 15 is 0 Å². The van der Waals surface area contributed by atoms with Crippen molar-refractivity contribution >= 4 is 10.0 Å². The zero-order chi connectivity index (χ0) is 16.3. The molecule has 0 saturated carbocycles. The molecule has 0 fully saturated rings. The SMILES string of the molecule is CC[C@H](C)N(Cc1ccccc1)S(=O)(=O)c1cn(C)c(C)n1. The summed E-state index contributed by atoms with van der Waals surface area (Å²) < 4.78 is 29.2. The van der Waals surface area contributed by atoms with E-state index in [1.807, 2.05) is 44.2 Å². The molecule has 0 saturated heterocycles. The number of benzene rings is 1. The normalized spacial score (nSPS) is 13.5. The van der Waals surface area contributed by atoms with Gasteiger partial charge in [0.15, 0.2) is 5.03 Å². The quantitative estimate of drug-likeness (QED) is 0.822. The fraction of sp³-hybridized carbons (Fsp3) is 0.438. The maximum Gasteiger partial charge on any atom is 0.262 e. The van der Waals surface area contributed by atoms with Crippen molar-refractivity contribution in [2.24, 2.45) is 7.05 Å². The number of aromatic nitrogens is 2. The predicted octanol–water partition coefficient (Wildman–Crippen LogP) is 2.72. The highest BCUT2D eigenvalue weighted by Gasteiger charge is 2.30. The van der Waals surface area contributed by atoms with E-state index in [0.717, 1.165) is 12.0 Å². The Balaban J connectivity index is 2.40. The third-order valence-electron chi connectivity index (χ3n) is 3.92. The third kappa shape index (κ3) is 3.39. The molecule has 5 nitrogen and oxygen atoms in total. The first-order valence-electron chi connectivity index (χ1n) is 7.42. The zero-order valence-electron chi connectivity index (χ0n) is 13.5. The summed E-state index contributed by atoms with van der Waals surface area (Å²) in [7, 11) is -1.81.